The van der Waals surface area contributed by atoms with Crippen molar-refractivity contribution in [2.75, 3.05) is 0 Å². The quantitative estimate of drug-likeness (QED) is 0.792. The van der Waals surface area contributed by atoms with Gasteiger partial charge in [-0.15, -0.1) is 0 Å². The van der Waals surface area contributed by atoms with E-state index in [2.05, 4.69) is 9.97 Å². The summed E-state index contributed by atoms with van der Waals surface area (Å²) in [4.78, 5) is 18.5. The number of hydrogen-bond donors (Lipinski definition) is 2. The SMILES string of the molecule is CC[C@](C)(N)c1nc(C(C)C)cc(=O)[nH]1. The lowest BCUT2D eigenvalue weighted by molar-refractivity contribution is 0.440. The predicted octanol–water partition coefficient (Wildman–Crippen LogP) is 1.48. The van der Waals surface area contributed by atoms with Gasteiger partial charge in [0.25, 0.3) is 5.56 Å². The maximum atomic E-state index is 11.4. The second-order valence-corrected chi connectivity index (χ2v) is 4.44. The molecule has 3 N–H and O–H groups in total. The van der Waals surface area contributed by atoms with E-state index in [-0.39, 0.29) is 11.5 Å². The van der Waals surface area contributed by atoms with Crippen LogP contribution in [-0.2, 0) is 5.54 Å². The number of aromatic nitrogens is 2. The van der Waals surface area contributed by atoms with Gasteiger partial charge < -0.3 is 10.7 Å². The monoisotopic (exact) mass is 209 g/mol. The molecule has 0 aromatic carbocycles. The number of H-pyrrole nitrogens is 1. The minimum absolute atomic E-state index is 0.131. The van der Waals surface area contributed by atoms with Gasteiger partial charge in [-0.1, -0.05) is 20.8 Å². The first-order valence-corrected chi connectivity index (χ1v) is 5.27. The molecule has 0 radical (unpaired) electrons. The molecule has 0 saturated heterocycles. The summed E-state index contributed by atoms with van der Waals surface area (Å²) in [6.07, 6.45) is 0.734. The Bertz CT molecular complexity index is 393. The van der Waals surface area contributed by atoms with E-state index in [4.69, 9.17) is 5.73 Å². The van der Waals surface area contributed by atoms with Crippen molar-refractivity contribution >= 4 is 0 Å². The fourth-order valence-corrected chi connectivity index (χ4v) is 1.21. The molecule has 15 heavy (non-hydrogen) atoms. The molecule has 0 amide bonds. The zero-order chi connectivity index (χ0) is 11.6. The van der Waals surface area contributed by atoms with Gasteiger partial charge in [-0.05, 0) is 19.3 Å². The van der Waals surface area contributed by atoms with Gasteiger partial charge >= 0.3 is 0 Å². The average molecular weight is 209 g/mol. The van der Waals surface area contributed by atoms with Crippen molar-refractivity contribution in [2.24, 2.45) is 5.73 Å². The Hall–Kier alpha value is -1.16. The number of aromatic amines is 1. The van der Waals surface area contributed by atoms with E-state index >= 15 is 0 Å². The van der Waals surface area contributed by atoms with Crippen molar-refractivity contribution in [2.45, 2.75) is 45.6 Å². The minimum Gasteiger partial charge on any atom is -0.319 e. The van der Waals surface area contributed by atoms with Gasteiger partial charge in [-0.3, -0.25) is 4.79 Å². The minimum atomic E-state index is -0.565. The van der Waals surface area contributed by atoms with E-state index in [0.717, 1.165) is 12.1 Å². The molecular weight excluding hydrogens is 190 g/mol. The maximum absolute atomic E-state index is 11.4. The van der Waals surface area contributed by atoms with Crippen molar-refractivity contribution in [3.05, 3.63) is 27.9 Å². The summed E-state index contributed by atoms with van der Waals surface area (Å²) in [5, 5.41) is 0. The lowest BCUT2D eigenvalue weighted by atomic mass is 9.99. The lowest BCUT2D eigenvalue weighted by Gasteiger charge is -2.22. The molecule has 1 aromatic heterocycles. The van der Waals surface area contributed by atoms with Crippen LogP contribution in [0.15, 0.2) is 10.9 Å². The Morgan fingerprint density at radius 1 is 1.60 bits per heavy atom. The summed E-state index contributed by atoms with van der Waals surface area (Å²) in [5.74, 6) is 0.805. The van der Waals surface area contributed by atoms with Crippen LogP contribution in [0, 0.1) is 0 Å². The molecule has 1 aromatic rings. The summed E-state index contributed by atoms with van der Waals surface area (Å²) in [6, 6.07) is 1.53. The Morgan fingerprint density at radius 3 is 2.67 bits per heavy atom. The standard InChI is InChI=1S/C11H19N3O/c1-5-11(4,12)10-13-8(7(2)3)6-9(15)14-10/h6-7H,5,12H2,1-4H3,(H,13,14,15)/t11-/m0/s1. The highest BCUT2D eigenvalue weighted by Gasteiger charge is 2.22. The molecule has 0 aliphatic heterocycles. The summed E-state index contributed by atoms with van der Waals surface area (Å²) in [6.45, 7) is 7.86. The van der Waals surface area contributed by atoms with Gasteiger partial charge in [0, 0.05) is 6.07 Å². The molecule has 0 spiro atoms. The van der Waals surface area contributed by atoms with Crippen molar-refractivity contribution in [3.8, 4) is 0 Å². The van der Waals surface area contributed by atoms with Gasteiger partial charge in [-0.2, -0.15) is 0 Å². The van der Waals surface area contributed by atoms with Crippen LogP contribution < -0.4 is 11.3 Å². The van der Waals surface area contributed by atoms with Crippen molar-refractivity contribution < 1.29 is 0 Å². The molecule has 0 aliphatic carbocycles. The van der Waals surface area contributed by atoms with Crippen LogP contribution in [0.25, 0.3) is 0 Å². The zero-order valence-corrected chi connectivity index (χ0v) is 9.79. The highest BCUT2D eigenvalue weighted by molar-refractivity contribution is 5.11. The van der Waals surface area contributed by atoms with Crippen LogP contribution in [-0.4, -0.2) is 9.97 Å². The highest BCUT2D eigenvalue weighted by Crippen LogP contribution is 2.18. The molecule has 84 valence electrons. The van der Waals surface area contributed by atoms with Crippen LogP contribution in [0.3, 0.4) is 0 Å². The van der Waals surface area contributed by atoms with E-state index in [1.165, 1.54) is 6.07 Å². The molecule has 4 heteroatoms. The summed E-state index contributed by atoms with van der Waals surface area (Å²) in [7, 11) is 0. The normalized spacial score (nSPS) is 15.3. The molecular formula is C11H19N3O. The van der Waals surface area contributed by atoms with E-state index < -0.39 is 5.54 Å². The summed E-state index contributed by atoms with van der Waals surface area (Å²) >= 11 is 0. The number of hydrogen-bond acceptors (Lipinski definition) is 3. The van der Waals surface area contributed by atoms with Gasteiger partial charge in [0.05, 0.1) is 11.2 Å². The molecule has 0 unspecified atom stereocenters. The van der Waals surface area contributed by atoms with E-state index in [1.54, 1.807) is 0 Å². The van der Waals surface area contributed by atoms with E-state index in [0.29, 0.717) is 5.82 Å². The topological polar surface area (TPSA) is 71.8 Å². The first kappa shape index (κ1) is 11.9. The number of nitrogens with zero attached hydrogens (tertiary/aromatic N) is 1. The summed E-state index contributed by atoms with van der Waals surface area (Å²) < 4.78 is 0. The lowest BCUT2D eigenvalue weighted by Crippen LogP contribution is -2.36. The fourth-order valence-electron chi connectivity index (χ4n) is 1.21. The predicted molar refractivity (Wildman–Crippen MR) is 60.8 cm³/mol. The van der Waals surface area contributed by atoms with E-state index in [1.807, 2.05) is 27.7 Å². The van der Waals surface area contributed by atoms with Crippen LogP contribution >= 0.6 is 0 Å². The van der Waals surface area contributed by atoms with Crippen LogP contribution in [0.5, 0.6) is 0 Å². The second kappa shape index (κ2) is 4.14. The number of nitrogens with one attached hydrogen (secondary N) is 1. The molecule has 1 heterocycles. The maximum Gasteiger partial charge on any atom is 0.251 e. The third-order valence-corrected chi connectivity index (χ3v) is 2.63. The molecule has 4 nitrogen and oxygen atoms in total. The fraction of sp³-hybridized carbons (Fsp3) is 0.636. The third-order valence-electron chi connectivity index (χ3n) is 2.63. The number of rotatable bonds is 3. The van der Waals surface area contributed by atoms with Gasteiger partial charge in [0.1, 0.15) is 5.82 Å². The van der Waals surface area contributed by atoms with Crippen molar-refractivity contribution in [3.63, 3.8) is 0 Å². The largest absolute Gasteiger partial charge is 0.319 e. The number of nitrogens with two attached hydrogens (primary N) is 1. The smallest absolute Gasteiger partial charge is 0.251 e. The Balaban J connectivity index is 3.27. The molecule has 0 fully saturated rings. The summed E-state index contributed by atoms with van der Waals surface area (Å²) in [5.41, 5.74) is 6.14. The van der Waals surface area contributed by atoms with Gasteiger partial charge in [-0.25, -0.2) is 4.98 Å². The second-order valence-electron chi connectivity index (χ2n) is 4.44. The van der Waals surface area contributed by atoms with Crippen LogP contribution in [0.4, 0.5) is 0 Å². The Kier molecular flexibility index (Phi) is 3.29. The molecule has 0 bridgehead atoms. The highest BCUT2D eigenvalue weighted by atomic mass is 16.1. The van der Waals surface area contributed by atoms with Gasteiger partial charge in [0.15, 0.2) is 0 Å². The van der Waals surface area contributed by atoms with Gasteiger partial charge in [0.2, 0.25) is 0 Å². The average Bonchev–Trinajstić information content (AvgIpc) is 2.16. The van der Waals surface area contributed by atoms with Crippen LogP contribution in [0.2, 0.25) is 0 Å². The van der Waals surface area contributed by atoms with Crippen molar-refractivity contribution in [1.29, 1.82) is 0 Å². The Labute approximate surface area is 89.9 Å². The Morgan fingerprint density at radius 2 is 2.20 bits per heavy atom. The molecule has 0 saturated carbocycles. The van der Waals surface area contributed by atoms with Crippen molar-refractivity contribution in [1.82, 2.24) is 9.97 Å². The zero-order valence-electron chi connectivity index (χ0n) is 9.79. The molecule has 0 aliphatic rings. The molecule has 1 rings (SSSR count). The first-order chi connectivity index (χ1) is 6.86. The van der Waals surface area contributed by atoms with Crippen LogP contribution in [0.1, 0.15) is 51.6 Å². The third kappa shape index (κ3) is 2.65. The molecule has 1 atom stereocenters. The van der Waals surface area contributed by atoms with E-state index in [9.17, 15) is 4.79 Å². The first-order valence-electron chi connectivity index (χ1n) is 5.27.